The second-order valence-electron chi connectivity index (χ2n) is 4.81. The molecule has 0 heterocycles. The highest BCUT2D eigenvalue weighted by Gasteiger charge is 2.14. The van der Waals surface area contributed by atoms with Crippen LogP contribution >= 0.6 is 15.9 Å². The SMILES string of the molecule is COc1ccc(C(=O)CC(=O)c2ccc(OCCBr)cc2)cc1. The fraction of sp³-hybridized carbons (Fsp3) is 0.222. The quantitative estimate of drug-likeness (QED) is 0.398. The van der Waals surface area contributed by atoms with Crippen LogP contribution < -0.4 is 9.47 Å². The molecular formula is C18H17BrO4. The second-order valence-corrected chi connectivity index (χ2v) is 5.61. The summed E-state index contributed by atoms with van der Waals surface area (Å²) in [6.45, 7) is 0.559. The van der Waals surface area contributed by atoms with Crippen LogP contribution in [0.25, 0.3) is 0 Å². The van der Waals surface area contributed by atoms with Gasteiger partial charge in [-0.05, 0) is 48.5 Å². The number of rotatable bonds is 8. The Morgan fingerprint density at radius 1 is 0.870 bits per heavy atom. The number of carbonyl (C=O) groups is 2. The Balaban J connectivity index is 1.98. The molecule has 2 aromatic rings. The maximum atomic E-state index is 12.2. The number of methoxy groups -OCH3 is 1. The lowest BCUT2D eigenvalue weighted by Gasteiger charge is -2.06. The summed E-state index contributed by atoms with van der Waals surface area (Å²) < 4.78 is 10.5. The summed E-state index contributed by atoms with van der Waals surface area (Å²) in [5, 5.41) is 0.740. The van der Waals surface area contributed by atoms with Crippen LogP contribution in [-0.2, 0) is 0 Å². The zero-order valence-electron chi connectivity index (χ0n) is 12.8. The van der Waals surface area contributed by atoms with Gasteiger partial charge in [-0.3, -0.25) is 9.59 Å². The molecule has 0 bridgehead atoms. The molecule has 2 rings (SSSR count). The third-order valence-corrected chi connectivity index (χ3v) is 3.58. The van der Waals surface area contributed by atoms with Crippen molar-refractivity contribution in [1.29, 1.82) is 0 Å². The molecule has 0 atom stereocenters. The first-order chi connectivity index (χ1) is 11.1. The van der Waals surface area contributed by atoms with Crippen molar-refractivity contribution in [3.05, 3.63) is 59.7 Å². The van der Waals surface area contributed by atoms with Gasteiger partial charge >= 0.3 is 0 Å². The molecule has 0 unspecified atom stereocenters. The molecule has 0 saturated heterocycles. The van der Waals surface area contributed by atoms with Gasteiger partial charge in [0.15, 0.2) is 11.6 Å². The predicted octanol–water partition coefficient (Wildman–Crippen LogP) is 3.92. The Hall–Kier alpha value is -2.14. The molecule has 0 spiro atoms. The van der Waals surface area contributed by atoms with Gasteiger partial charge in [0.1, 0.15) is 11.5 Å². The molecule has 23 heavy (non-hydrogen) atoms. The number of Topliss-reactive ketones (excluding diaryl/α,β-unsaturated/α-hetero) is 2. The minimum absolute atomic E-state index is 0.159. The average Bonchev–Trinajstić information content (AvgIpc) is 2.60. The monoisotopic (exact) mass is 376 g/mol. The molecule has 0 aromatic heterocycles. The Kier molecular flexibility index (Phi) is 6.35. The second kappa shape index (κ2) is 8.48. The lowest BCUT2D eigenvalue weighted by Crippen LogP contribution is -2.08. The van der Waals surface area contributed by atoms with Gasteiger partial charge in [0.05, 0.1) is 20.1 Å². The average molecular weight is 377 g/mol. The molecule has 2 aromatic carbocycles. The highest BCUT2D eigenvalue weighted by atomic mass is 79.9. The smallest absolute Gasteiger partial charge is 0.170 e. The Labute approximate surface area is 143 Å². The highest BCUT2D eigenvalue weighted by Crippen LogP contribution is 2.16. The van der Waals surface area contributed by atoms with Gasteiger partial charge in [0.25, 0.3) is 0 Å². The standard InChI is InChI=1S/C18H17BrO4/c1-22-15-6-2-13(3-7-15)17(20)12-18(21)14-4-8-16(9-5-14)23-11-10-19/h2-9H,10-12H2,1H3. The van der Waals surface area contributed by atoms with Crippen LogP contribution in [0.15, 0.2) is 48.5 Å². The summed E-state index contributed by atoms with van der Waals surface area (Å²) in [6.07, 6.45) is -0.159. The van der Waals surface area contributed by atoms with E-state index < -0.39 is 0 Å². The van der Waals surface area contributed by atoms with Crippen LogP contribution in [0.4, 0.5) is 0 Å². The summed E-state index contributed by atoms with van der Waals surface area (Å²) in [5.74, 6) is 0.949. The van der Waals surface area contributed by atoms with Crippen molar-refractivity contribution in [3.8, 4) is 11.5 Å². The summed E-state index contributed by atoms with van der Waals surface area (Å²) in [6, 6.07) is 13.5. The van der Waals surface area contributed by atoms with Gasteiger partial charge in [-0.25, -0.2) is 0 Å². The molecule has 0 N–H and O–H groups in total. The predicted molar refractivity (Wildman–Crippen MR) is 92.0 cm³/mol. The van der Waals surface area contributed by atoms with Crippen LogP contribution in [-0.4, -0.2) is 30.6 Å². The number of ketones is 2. The van der Waals surface area contributed by atoms with Crippen molar-refractivity contribution in [2.24, 2.45) is 0 Å². The van der Waals surface area contributed by atoms with E-state index in [4.69, 9.17) is 9.47 Å². The fourth-order valence-electron chi connectivity index (χ4n) is 2.02. The lowest BCUT2D eigenvalue weighted by molar-refractivity contribution is 0.0894. The normalized spacial score (nSPS) is 10.2. The molecular weight excluding hydrogens is 360 g/mol. The maximum absolute atomic E-state index is 12.2. The molecule has 120 valence electrons. The fourth-order valence-corrected chi connectivity index (χ4v) is 2.18. The van der Waals surface area contributed by atoms with Crippen LogP contribution in [0.3, 0.4) is 0 Å². The number of hydrogen-bond donors (Lipinski definition) is 0. The van der Waals surface area contributed by atoms with Gasteiger partial charge in [-0.15, -0.1) is 0 Å². The topological polar surface area (TPSA) is 52.6 Å². The molecule has 0 aliphatic rings. The minimum atomic E-state index is -0.211. The third kappa shape index (κ3) is 4.93. The van der Waals surface area contributed by atoms with Crippen LogP contribution in [0, 0.1) is 0 Å². The van der Waals surface area contributed by atoms with Crippen molar-refractivity contribution in [2.75, 3.05) is 19.0 Å². The Morgan fingerprint density at radius 2 is 1.35 bits per heavy atom. The molecule has 4 nitrogen and oxygen atoms in total. The van der Waals surface area contributed by atoms with Crippen LogP contribution in [0.5, 0.6) is 11.5 Å². The molecule has 0 amide bonds. The van der Waals surface area contributed by atoms with E-state index in [0.717, 1.165) is 5.33 Å². The van der Waals surface area contributed by atoms with E-state index in [1.807, 2.05) is 0 Å². The molecule has 0 radical (unpaired) electrons. The summed E-state index contributed by atoms with van der Waals surface area (Å²) in [5.41, 5.74) is 0.995. The van der Waals surface area contributed by atoms with Gasteiger partial charge in [-0.1, -0.05) is 15.9 Å². The summed E-state index contributed by atoms with van der Waals surface area (Å²) >= 11 is 3.28. The Morgan fingerprint density at radius 3 is 1.78 bits per heavy atom. The number of carbonyl (C=O) groups excluding carboxylic acids is 2. The van der Waals surface area contributed by atoms with Gasteiger partial charge < -0.3 is 9.47 Å². The molecule has 0 fully saturated rings. The Bertz CT molecular complexity index is 662. The first-order valence-electron chi connectivity index (χ1n) is 7.13. The van der Waals surface area contributed by atoms with Gasteiger partial charge in [0, 0.05) is 16.5 Å². The van der Waals surface area contributed by atoms with Crippen LogP contribution in [0.2, 0.25) is 0 Å². The van der Waals surface area contributed by atoms with Gasteiger partial charge in [-0.2, -0.15) is 0 Å². The number of halogens is 1. The number of alkyl halides is 1. The third-order valence-electron chi connectivity index (χ3n) is 3.26. The molecule has 0 aliphatic carbocycles. The summed E-state index contributed by atoms with van der Waals surface area (Å²) in [4.78, 5) is 24.3. The highest BCUT2D eigenvalue weighted by molar-refractivity contribution is 9.09. The summed E-state index contributed by atoms with van der Waals surface area (Å²) in [7, 11) is 1.56. The van der Waals surface area contributed by atoms with E-state index in [1.165, 1.54) is 0 Å². The van der Waals surface area contributed by atoms with Crippen molar-refractivity contribution < 1.29 is 19.1 Å². The number of hydrogen-bond acceptors (Lipinski definition) is 4. The minimum Gasteiger partial charge on any atom is -0.497 e. The lowest BCUT2D eigenvalue weighted by atomic mass is 10.0. The maximum Gasteiger partial charge on any atom is 0.170 e. The zero-order valence-corrected chi connectivity index (χ0v) is 14.3. The van der Waals surface area contributed by atoms with Crippen molar-refractivity contribution in [2.45, 2.75) is 6.42 Å². The first-order valence-corrected chi connectivity index (χ1v) is 8.25. The largest absolute Gasteiger partial charge is 0.497 e. The first kappa shape index (κ1) is 17.2. The van der Waals surface area contributed by atoms with E-state index in [9.17, 15) is 9.59 Å². The molecule has 0 aliphatic heterocycles. The van der Waals surface area contributed by atoms with E-state index >= 15 is 0 Å². The van der Waals surface area contributed by atoms with Crippen LogP contribution in [0.1, 0.15) is 27.1 Å². The van der Waals surface area contributed by atoms with Crippen molar-refractivity contribution in [3.63, 3.8) is 0 Å². The number of benzene rings is 2. The molecule has 0 saturated carbocycles. The van der Waals surface area contributed by atoms with E-state index in [0.29, 0.717) is 29.2 Å². The molecule has 5 heteroatoms. The van der Waals surface area contributed by atoms with E-state index in [1.54, 1.807) is 55.6 Å². The number of ether oxygens (including phenoxy) is 2. The van der Waals surface area contributed by atoms with E-state index in [2.05, 4.69) is 15.9 Å². The van der Waals surface area contributed by atoms with Crippen molar-refractivity contribution in [1.82, 2.24) is 0 Å². The van der Waals surface area contributed by atoms with Gasteiger partial charge in [0.2, 0.25) is 0 Å². The van der Waals surface area contributed by atoms with E-state index in [-0.39, 0.29) is 18.0 Å². The zero-order chi connectivity index (χ0) is 16.7. The van der Waals surface area contributed by atoms with Crippen molar-refractivity contribution >= 4 is 27.5 Å².